The van der Waals surface area contributed by atoms with Crippen molar-refractivity contribution in [3.05, 3.63) is 176 Å². The summed E-state index contributed by atoms with van der Waals surface area (Å²) in [6.45, 7) is 0. The van der Waals surface area contributed by atoms with E-state index < -0.39 is 0 Å². The molecule has 5 nitrogen and oxygen atoms in total. The summed E-state index contributed by atoms with van der Waals surface area (Å²) in [6.07, 6.45) is 0. The highest BCUT2D eigenvalue weighted by molar-refractivity contribution is 6.23. The van der Waals surface area contributed by atoms with Crippen LogP contribution in [0.5, 0.6) is 0 Å². The molecule has 0 aliphatic rings. The van der Waals surface area contributed by atoms with Gasteiger partial charge in [-0.1, -0.05) is 115 Å². The Kier molecular flexibility index (Phi) is 5.89. The van der Waals surface area contributed by atoms with E-state index in [1.54, 1.807) is 0 Å². The van der Waals surface area contributed by atoms with Crippen molar-refractivity contribution in [1.29, 1.82) is 0 Å². The Bertz CT molecular complexity index is 3090. The van der Waals surface area contributed by atoms with Gasteiger partial charge in [0.05, 0.1) is 44.5 Å². The van der Waals surface area contributed by atoms with Crippen molar-refractivity contribution in [2.75, 3.05) is 0 Å². The van der Waals surface area contributed by atoms with Gasteiger partial charge in [0, 0.05) is 38.0 Å². The van der Waals surface area contributed by atoms with E-state index in [0.717, 1.165) is 56.3 Å². The summed E-state index contributed by atoms with van der Waals surface area (Å²) in [4.78, 5) is 10.6. The third-order valence-corrected chi connectivity index (χ3v) is 10.3. The second-order valence-corrected chi connectivity index (χ2v) is 13.0. The molecule has 238 valence electrons. The highest BCUT2D eigenvalue weighted by Crippen LogP contribution is 2.41. The van der Waals surface area contributed by atoms with Crippen molar-refractivity contribution < 1.29 is 0 Å². The summed E-state index contributed by atoms with van der Waals surface area (Å²) in [5.41, 5.74) is 9.61. The third kappa shape index (κ3) is 4.03. The Morgan fingerprint density at radius 1 is 0.275 bits per heavy atom. The molecule has 5 heterocycles. The summed E-state index contributed by atoms with van der Waals surface area (Å²) in [7, 11) is 0. The number of hydrogen-bond donors (Lipinski definition) is 0. The molecule has 51 heavy (non-hydrogen) atoms. The normalized spacial score (nSPS) is 11.9. The summed E-state index contributed by atoms with van der Waals surface area (Å²) >= 11 is 0. The maximum atomic E-state index is 5.38. The monoisotopic (exact) mass is 651 g/mol. The Labute approximate surface area is 292 Å². The van der Waals surface area contributed by atoms with Gasteiger partial charge in [-0.2, -0.15) is 0 Å². The minimum absolute atomic E-state index is 0.817. The summed E-state index contributed by atoms with van der Waals surface area (Å²) < 4.78 is 7.00. The van der Waals surface area contributed by atoms with Gasteiger partial charge in [0.1, 0.15) is 11.6 Å². The van der Waals surface area contributed by atoms with E-state index >= 15 is 0 Å². The molecule has 0 spiro atoms. The van der Waals surface area contributed by atoms with Gasteiger partial charge < -0.3 is 4.57 Å². The average molecular weight is 652 g/mol. The molecule has 0 aliphatic heterocycles. The predicted molar refractivity (Wildman–Crippen MR) is 210 cm³/mol. The SMILES string of the molecule is c1ccc(-n2c3ccccc3c3ccc4c5ccccc5n(-c5cccc(-c6cccc(-n7c8ccccc8c8ccccc87)n6)n5)c4c32)cc1. The third-order valence-electron chi connectivity index (χ3n) is 10.3. The Morgan fingerprint density at radius 3 is 1.20 bits per heavy atom. The largest absolute Gasteiger partial charge is 0.307 e. The molecular formula is C46H29N5. The number of hydrogen-bond acceptors (Lipinski definition) is 2. The molecule has 0 N–H and O–H groups in total. The molecule has 0 saturated heterocycles. The zero-order valence-electron chi connectivity index (χ0n) is 27.5. The fourth-order valence-electron chi connectivity index (χ4n) is 8.13. The molecule has 0 unspecified atom stereocenters. The lowest BCUT2D eigenvalue weighted by atomic mass is 10.1. The number of para-hydroxylation sites is 5. The highest BCUT2D eigenvalue weighted by atomic mass is 15.1. The number of aromatic nitrogens is 5. The van der Waals surface area contributed by atoms with Crippen LogP contribution in [0.25, 0.3) is 94.1 Å². The lowest BCUT2D eigenvalue weighted by Gasteiger charge is -2.13. The first kappa shape index (κ1) is 27.9. The van der Waals surface area contributed by atoms with Crippen molar-refractivity contribution >= 4 is 65.4 Å². The van der Waals surface area contributed by atoms with E-state index in [0.29, 0.717) is 0 Å². The molecule has 0 radical (unpaired) electrons. The van der Waals surface area contributed by atoms with Gasteiger partial charge in [0.25, 0.3) is 0 Å². The van der Waals surface area contributed by atoms with Crippen LogP contribution in [0.3, 0.4) is 0 Å². The first-order chi connectivity index (χ1) is 25.3. The summed E-state index contributed by atoms with van der Waals surface area (Å²) in [5, 5.41) is 7.25. The van der Waals surface area contributed by atoms with Crippen molar-refractivity contribution in [3.8, 4) is 28.7 Å². The van der Waals surface area contributed by atoms with Gasteiger partial charge >= 0.3 is 0 Å². The van der Waals surface area contributed by atoms with E-state index in [9.17, 15) is 0 Å². The van der Waals surface area contributed by atoms with Crippen LogP contribution in [0.4, 0.5) is 0 Å². The van der Waals surface area contributed by atoms with Crippen LogP contribution in [0.15, 0.2) is 176 Å². The maximum Gasteiger partial charge on any atom is 0.138 e. The fraction of sp³-hybridized carbons (Fsp3) is 0. The minimum atomic E-state index is 0.817. The van der Waals surface area contributed by atoms with Gasteiger partial charge in [0.15, 0.2) is 0 Å². The minimum Gasteiger partial charge on any atom is -0.307 e. The van der Waals surface area contributed by atoms with Crippen molar-refractivity contribution in [1.82, 2.24) is 23.7 Å². The van der Waals surface area contributed by atoms with Crippen molar-refractivity contribution in [3.63, 3.8) is 0 Å². The first-order valence-corrected chi connectivity index (χ1v) is 17.3. The van der Waals surface area contributed by atoms with Crippen molar-refractivity contribution in [2.24, 2.45) is 0 Å². The van der Waals surface area contributed by atoms with Crippen LogP contribution in [-0.4, -0.2) is 23.7 Å². The predicted octanol–water partition coefficient (Wildman–Crippen LogP) is 11.4. The number of rotatable bonds is 4. The molecule has 0 amide bonds. The quantitative estimate of drug-likeness (QED) is 0.190. The van der Waals surface area contributed by atoms with Gasteiger partial charge in [-0.05, 0) is 60.7 Å². The maximum absolute atomic E-state index is 5.38. The van der Waals surface area contributed by atoms with Gasteiger partial charge in [-0.25, -0.2) is 9.97 Å². The Balaban J connectivity index is 1.17. The molecule has 11 aromatic rings. The first-order valence-electron chi connectivity index (χ1n) is 17.3. The fourth-order valence-corrected chi connectivity index (χ4v) is 8.13. The molecule has 0 bridgehead atoms. The highest BCUT2D eigenvalue weighted by Gasteiger charge is 2.22. The lowest BCUT2D eigenvalue weighted by molar-refractivity contribution is 1.05. The summed E-state index contributed by atoms with van der Waals surface area (Å²) in [5.74, 6) is 1.71. The van der Waals surface area contributed by atoms with Crippen LogP contribution in [0.1, 0.15) is 0 Å². The van der Waals surface area contributed by atoms with Crippen LogP contribution < -0.4 is 0 Å². The average Bonchev–Trinajstić information content (AvgIpc) is 3.84. The molecular weight excluding hydrogens is 623 g/mol. The van der Waals surface area contributed by atoms with Crippen LogP contribution >= 0.6 is 0 Å². The molecule has 11 rings (SSSR count). The Morgan fingerprint density at radius 2 is 0.667 bits per heavy atom. The van der Waals surface area contributed by atoms with Crippen LogP contribution in [0, 0.1) is 0 Å². The molecule has 0 atom stereocenters. The van der Waals surface area contributed by atoms with Crippen molar-refractivity contribution in [2.45, 2.75) is 0 Å². The zero-order chi connectivity index (χ0) is 33.5. The second-order valence-electron chi connectivity index (χ2n) is 13.0. The standard InChI is InChI=1S/C46H29N5/c1-2-14-30(15-3-1)49-39-22-8-6-18-33(39)35-28-29-36-34-19-7-11-25-42(34)51(46(36)45(35)49)44-27-13-21-38(48-44)37-20-12-26-43(47-37)50-40-23-9-4-16-31(40)32-17-5-10-24-41(32)50/h1-29H. The molecule has 0 aliphatic carbocycles. The van der Waals surface area contributed by atoms with E-state index in [-0.39, 0.29) is 0 Å². The van der Waals surface area contributed by atoms with Gasteiger partial charge in [0.2, 0.25) is 0 Å². The van der Waals surface area contributed by atoms with Gasteiger partial charge in [-0.3, -0.25) is 9.13 Å². The van der Waals surface area contributed by atoms with Gasteiger partial charge in [-0.15, -0.1) is 0 Å². The number of fused-ring (bicyclic) bond motifs is 10. The van der Waals surface area contributed by atoms with Crippen LogP contribution in [0.2, 0.25) is 0 Å². The number of nitrogens with zero attached hydrogens (tertiary/aromatic N) is 5. The second kappa shape index (κ2) is 10.8. The lowest BCUT2D eigenvalue weighted by Crippen LogP contribution is -2.02. The van der Waals surface area contributed by atoms with E-state index in [2.05, 4.69) is 190 Å². The topological polar surface area (TPSA) is 40.6 Å². The van der Waals surface area contributed by atoms with E-state index in [4.69, 9.17) is 9.97 Å². The smallest absolute Gasteiger partial charge is 0.138 e. The molecule has 5 heteroatoms. The van der Waals surface area contributed by atoms with E-state index in [1.165, 1.54) is 37.8 Å². The number of benzene rings is 6. The molecule has 0 fully saturated rings. The van der Waals surface area contributed by atoms with E-state index in [1.807, 2.05) is 0 Å². The molecule has 0 saturated carbocycles. The van der Waals surface area contributed by atoms with Crippen LogP contribution in [-0.2, 0) is 0 Å². The number of pyridine rings is 2. The zero-order valence-corrected chi connectivity index (χ0v) is 27.5. The summed E-state index contributed by atoms with van der Waals surface area (Å²) in [6, 6.07) is 62.1. The Hall–Kier alpha value is -6.98. The molecule has 6 aromatic carbocycles. The molecule has 5 aromatic heterocycles.